The summed E-state index contributed by atoms with van der Waals surface area (Å²) in [5.41, 5.74) is 1.04. The third kappa shape index (κ3) is 4.17. The summed E-state index contributed by atoms with van der Waals surface area (Å²) in [5.74, 6) is 0.0542. The van der Waals surface area contributed by atoms with Crippen LogP contribution in [0.4, 0.5) is 14.5 Å². The molecule has 0 saturated heterocycles. The van der Waals surface area contributed by atoms with E-state index in [0.29, 0.717) is 0 Å². The molecule has 0 fully saturated rings. The fraction of sp³-hybridized carbons (Fsp3) is 0.200. The summed E-state index contributed by atoms with van der Waals surface area (Å²) in [6.07, 6.45) is -2.64. The van der Waals surface area contributed by atoms with Crippen LogP contribution in [-0.2, 0) is 10.0 Å². The zero-order valence-corrected chi connectivity index (χ0v) is 12.6. The van der Waals surface area contributed by atoms with Gasteiger partial charge in [-0.2, -0.15) is 0 Å². The molecular weight excluding hydrogens is 312 g/mol. The number of anilines is 1. The molecule has 2 aromatic carbocycles. The van der Waals surface area contributed by atoms with E-state index in [1.54, 1.807) is 24.3 Å². The molecule has 0 unspecified atom stereocenters. The van der Waals surface area contributed by atoms with Gasteiger partial charge in [-0.1, -0.05) is 29.8 Å². The van der Waals surface area contributed by atoms with Gasteiger partial charge in [0.15, 0.2) is 0 Å². The maximum Gasteiger partial charge on any atom is 0.272 e. The first-order chi connectivity index (χ1) is 10.4. The second kappa shape index (κ2) is 6.74. The van der Waals surface area contributed by atoms with Gasteiger partial charge < -0.3 is 4.74 Å². The number of para-hydroxylation sites is 2. The normalized spacial score (nSPS) is 11.5. The van der Waals surface area contributed by atoms with Gasteiger partial charge in [-0.3, -0.25) is 4.72 Å². The van der Waals surface area contributed by atoms with Crippen LogP contribution in [0.1, 0.15) is 5.56 Å². The Labute approximate surface area is 127 Å². The fourth-order valence-corrected chi connectivity index (χ4v) is 2.82. The van der Waals surface area contributed by atoms with E-state index in [1.807, 2.05) is 6.92 Å². The van der Waals surface area contributed by atoms with Crippen LogP contribution in [0.5, 0.6) is 5.75 Å². The Morgan fingerprint density at radius 3 is 2.36 bits per heavy atom. The average Bonchev–Trinajstić information content (AvgIpc) is 2.46. The Morgan fingerprint density at radius 1 is 1.09 bits per heavy atom. The predicted molar refractivity (Wildman–Crippen MR) is 79.9 cm³/mol. The highest BCUT2D eigenvalue weighted by molar-refractivity contribution is 7.92. The van der Waals surface area contributed by atoms with E-state index in [1.165, 1.54) is 24.3 Å². The standard InChI is InChI=1S/C15H15F2NO3S/c1-11-6-8-12(9-7-11)22(19,20)18-13-4-2-3-5-14(13)21-10-15(16)17/h2-9,15,18H,10H2,1H3. The summed E-state index contributed by atoms with van der Waals surface area (Å²) in [6.45, 7) is 1.04. The minimum atomic E-state index is -3.81. The Balaban J connectivity index is 2.24. The molecule has 0 heterocycles. The van der Waals surface area contributed by atoms with Crippen LogP contribution in [0.25, 0.3) is 0 Å². The van der Waals surface area contributed by atoms with Crippen molar-refractivity contribution in [2.24, 2.45) is 0 Å². The van der Waals surface area contributed by atoms with E-state index in [2.05, 4.69) is 4.72 Å². The van der Waals surface area contributed by atoms with E-state index < -0.39 is 23.1 Å². The van der Waals surface area contributed by atoms with Crippen molar-refractivity contribution in [3.8, 4) is 5.75 Å². The zero-order chi connectivity index (χ0) is 16.2. The fourth-order valence-electron chi connectivity index (χ4n) is 1.75. The molecule has 0 spiro atoms. The van der Waals surface area contributed by atoms with Gasteiger partial charge in [-0.15, -0.1) is 0 Å². The molecule has 22 heavy (non-hydrogen) atoms. The van der Waals surface area contributed by atoms with Gasteiger partial charge in [0.05, 0.1) is 10.6 Å². The maximum absolute atomic E-state index is 12.3. The van der Waals surface area contributed by atoms with Crippen molar-refractivity contribution in [2.45, 2.75) is 18.2 Å². The Hall–Kier alpha value is -2.15. The van der Waals surface area contributed by atoms with E-state index in [9.17, 15) is 17.2 Å². The van der Waals surface area contributed by atoms with Crippen LogP contribution >= 0.6 is 0 Å². The molecule has 0 aliphatic heterocycles. The van der Waals surface area contributed by atoms with Crippen molar-refractivity contribution < 1.29 is 21.9 Å². The lowest BCUT2D eigenvalue weighted by Gasteiger charge is -2.13. The number of aryl methyl sites for hydroxylation is 1. The monoisotopic (exact) mass is 327 g/mol. The number of nitrogens with one attached hydrogen (secondary N) is 1. The Bertz CT molecular complexity index is 731. The molecule has 118 valence electrons. The number of ether oxygens (including phenoxy) is 1. The van der Waals surface area contributed by atoms with Crippen molar-refractivity contribution in [3.05, 3.63) is 54.1 Å². The lowest BCUT2D eigenvalue weighted by atomic mass is 10.2. The van der Waals surface area contributed by atoms with Crippen molar-refractivity contribution >= 4 is 15.7 Å². The van der Waals surface area contributed by atoms with E-state index >= 15 is 0 Å². The second-order valence-electron chi connectivity index (χ2n) is 4.62. The quantitative estimate of drug-likeness (QED) is 0.884. The molecule has 0 aliphatic carbocycles. The van der Waals surface area contributed by atoms with Gasteiger partial charge in [0.25, 0.3) is 16.4 Å². The number of benzene rings is 2. The lowest BCUT2D eigenvalue weighted by molar-refractivity contribution is 0.0823. The first-order valence-electron chi connectivity index (χ1n) is 6.48. The van der Waals surface area contributed by atoms with Crippen LogP contribution in [0.2, 0.25) is 0 Å². The number of hydrogen-bond acceptors (Lipinski definition) is 3. The van der Waals surface area contributed by atoms with Crippen molar-refractivity contribution in [3.63, 3.8) is 0 Å². The first kappa shape index (κ1) is 16.2. The van der Waals surface area contributed by atoms with E-state index in [-0.39, 0.29) is 16.3 Å². The van der Waals surface area contributed by atoms with Crippen molar-refractivity contribution in [1.82, 2.24) is 0 Å². The van der Waals surface area contributed by atoms with Crippen LogP contribution in [0.15, 0.2) is 53.4 Å². The number of rotatable bonds is 6. The molecule has 0 aliphatic rings. The minimum absolute atomic E-state index is 0.0542. The average molecular weight is 327 g/mol. The smallest absolute Gasteiger partial charge is 0.272 e. The topological polar surface area (TPSA) is 55.4 Å². The second-order valence-corrected chi connectivity index (χ2v) is 6.30. The number of hydrogen-bond donors (Lipinski definition) is 1. The molecule has 0 radical (unpaired) electrons. The molecule has 1 N–H and O–H groups in total. The summed E-state index contributed by atoms with van der Waals surface area (Å²) >= 11 is 0. The van der Waals surface area contributed by atoms with Gasteiger partial charge in [0.2, 0.25) is 0 Å². The van der Waals surface area contributed by atoms with Gasteiger partial charge in [-0.25, -0.2) is 17.2 Å². The molecule has 0 bridgehead atoms. The van der Waals surface area contributed by atoms with Crippen LogP contribution in [-0.4, -0.2) is 21.5 Å². The number of halogens is 2. The van der Waals surface area contributed by atoms with Crippen molar-refractivity contribution in [1.29, 1.82) is 0 Å². The summed E-state index contributed by atoms with van der Waals surface area (Å²) in [6, 6.07) is 12.3. The third-order valence-electron chi connectivity index (χ3n) is 2.83. The van der Waals surface area contributed by atoms with Gasteiger partial charge in [0, 0.05) is 0 Å². The first-order valence-corrected chi connectivity index (χ1v) is 7.96. The molecule has 0 aromatic heterocycles. The molecule has 2 rings (SSSR count). The Morgan fingerprint density at radius 2 is 1.73 bits per heavy atom. The summed E-state index contributed by atoms with van der Waals surface area (Å²) in [7, 11) is -3.81. The third-order valence-corrected chi connectivity index (χ3v) is 4.21. The Kier molecular flexibility index (Phi) is 4.97. The summed E-state index contributed by atoms with van der Waals surface area (Å²) in [4.78, 5) is 0.0850. The number of sulfonamides is 1. The molecule has 0 amide bonds. The van der Waals surface area contributed by atoms with Gasteiger partial charge in [-0.05, 0) is 31.2 Å². The highest BCUT2D eigenvalue weighted by Gasteiger charge is 2.16. The zero-order valence-electron chi connectivity index (χ0n) is 11.8. The minimum Gasteiger partial charge on any atom is -0.485 e. The van der Waals surface area contributed by atoms with Crippen LogP contribution in [0, 0.1) is 6.92 Å². The molecule has 0 saturated carbocycles. The molecule has 0 atom stereocenters. The highest BCUT2D eigenvalue weighted by Crippen LogP contribution is 2.27. The molecular formula is C15H15F2NO3S. The van der Waals surface area contributed by atoms with Gasteiger partial charge >= 0.3 is 0 Å². The number of alkyl halides is 2. The van der Waals surface area contributed by atoms with E-state index in [4.69, 9.17) is 4.74 Å². The van der Waals surface area contributed by atoms with Crippen LogP contribution in [0.3, 0.4) is 0 Å². The SMILES string of the molecule is Cc1ccc(S(=O)(=O)Nc2ccccc2OCC(F)F)cc1. The van der Waals surface area contributed by atoms with Crippen molar-refractivity contribution in [2.75, 3.05) is 11.3 Å². The van der Waals surface area contributed by atoms with E-state index in [0.717, 1.165) is 5.56 Å². The summed E-state index contributed by atoms with van der Waals surface area (Å²) < 4.78 is 56.3. The summed E-state index contributed by atoms with van der Waals surface area (Å²) in [5, 5.41) is 0. The van der Waals surface area contributed by atoms with Gasteiger partial charge in [0.1, 0.15) is 12.4 Å². The molecule has 7 heteroatoms. The predicted octanol–water partition coefficient (Wildman–Crippen LogP) is 3.44. The molecule has 2 aromatic rings. The maximum atomic E-state index is 12.3. The highest BCUT2D eigenvalue weighted by atomic mass is 32.2. The largest absolute Gasteiger partial charge is 0.485 e. The lowest BCUT2D eigenvalue weighted by Crippen LogP contribution is -2.15. The molecule has 4 nitrogen and oxygen atoms in total. The van der Waals surface area contributed by atoms with Crippen LogP contribution < -0.4 is 9.46 Å².